The summed E-state index contributed by atoms with van der Waals surface area (Å²) in [6.45, 7) is 11.2. The van der Waals surface area contributed by atoms with Crippen molar-refractivity contribution in [1.82, 2.24) is 15.0 Å². The van der Waals surface area contributed by atoms with Crippen LogP contribution in [0.1, 0.15) is 19.7 Å². The van der Waals surface area contributed by atoms with Gasteiger partial charge in [0.1, 0.15) is 0 Å². The van der Waals surface area contributed by atoms with Crippen LogP contribution in [0.25, 0.3) is 92.7 Å². The number of hydrogen-bond donors (Lipinski definition) is 0. The van der Waals surface area contributed by atoms with Crippen LogP contribution < -0.4 is 0 Å². The molecule has 0 bridgehead atoms. The summed E-state index contributed by atoms with van der Waals surface area (Å²) < 4.78 is 2.64. The summed E-state index contributed by atoms with van der Waals surface area (Å²) in [7, 11) is 0. The molecule has 9 aromatic rings. The van der Waals surface area contributed by atoms with Gasteiger partial charge in [-0.15, -0.1) is 17.9 Å². The van der Waals surface area contributed by atoms with E-state index in [0.717, 1.165) is 33.4 Å². The minimum Gasteiger partial charge on any atom is -0.208 e. The molecule has 0 atom stereocenters. The summed E-state index contributed by atoms with van der Waals surface area (Å²) in [5, 5.41) is 5.19. The quantitative estimate of drug-likeness (QED) is 0.121. The number of rotatable bonds is 7. The Morgan fingerprint density at radius 3 is 1.51 bits per heavy atom. The maximum atomic E-state index is 4.93. The number of fused-ring (bicyclic) bond motifs is 4. The second-order valence-corrected chi connectivity index (χ2v) is 14.4. The monoisotopic (exact) mass is 725 g/mol. The lowest BCUT2D eigenvalue weighted by Crippen LogP contribution is -2.02. The SMILES string of the molecule is C=C/C(=C\C)c1nc(-c2ccccc2)nc(-c2cccc(-c3cccc(-c4cccc(-c5ccc6sc7cc8ccccc8cc7c6c5)c4)c3)c2)n1.C=CC. The van der Waals surface area contributed by atoms with Crippen LogP contribution >= 0.6 is 11.3 Å². The van der Waals surface area contributed by atoms with E-state index in [1.165, 1.54) is 47.6 Å². The fourth-order valence-electron chi connectivity index (χ4n) is 6.93. The lowest BCUT2D eigenvalue weighted by atomic mass is 9.95. The molecule has 0 radical (unpaired) electrons. The van der Waals surface area contributed by atoms with Crippen LogP contribution in [-0.4, -0.2) is 15.0 Å². The predicted molar refractivity (Wildman–Crippen MR) is 237 cm³/mol. The molecule has 0 saturated heterocycles. The van der Waals surface area contributed by atoms with E-state index in [4.69, 9.17) is 15.0 Å². The first-order valence-electron chi connectivity index (χ1n) is 18.4. The van der Waals surface area contributed by atoms with E-state index < -0.39 is 0 Å². The summed E-state index contributed by atoms with van der Waals surface area (Å²) in [4.78, 5) is 14.6. The third-order valence-electron chi connectivity index (χ3n) is 9.64. The Morgan fingerprint density at radius 2 is 0.927 bits per heavy atom. The molecule has 0 fully saturated rings. The van der Waals surface area contributed by atoms with Crippen molar-refractivity contribution in [2.24, 2.45) is 0 Å². The highest BCUT2D eigenvalue weighted by Gasteiger charge is 2.14. The summed E-state index contributed by atoms with van der Waals surface area (Å²) >= 11 is 1.87. The van der Waals surface area contributed by atoms with Crippen molar-refractivity contribution in [3.8, 4) is 56.2 Å². The van der Waals surface area contributed by atoms with E-state index in [0.29, 0.717) is 17.5 Å². The van der Waals surface area contributed by atoms with Crippen molar-refractivity contribution in [2.45, 2.75) is 13.8 Å². The molecule has 2 heterocycles. The van der Waals surface area contributed by atoms with Gasteiger partial charge in [-0.1, -0.05) is 140 Å². The molecule has 9 rings (SSSR count). The van der Waals surface area contributed by atoms with Crippen molar-refractivity contribution in [1.29, 1.82) is 0 Å². The normalized spacial score (nSPS) is 11.3. The Balaban J connectivity index is 0.00000138. The number of benzene rings is 7. The summed E-state index contributed by atoms with van der Waals surface area (Å²) in [6.07, 6.45) is 5.51. The second-order valence-electron chi connectivity index (χ2n) is 13.3. The number of aromatic nitrogens is 3. The first kappa shape index (κ1) is 35.3. The van der Waals surface area contributed by atoms with E-state index in [9.17, 15) is 0 Å². The molecule has 0 amide bonds. The van der Waals surface area contributed by atoms with Gasteiger partial charge in [-0.05, 0) is 100 Å². The van der Waals surface area contributed by atoms with Gasteiger partial charge in [0.2, 0.25) is 0 Å². The van der Waals surface area contributed by atoms with Crippen molar-refractivity contribution in [3.05, 3.63) is 195 Å². The summed E-state index contributed by atoms with van der Waals surface area (Å²) in [5.41, 5.74) is 9.71. The topological polar surface area (TPSA) is 38.7 Å². The zero-order chi connectivity index (χ0) is 37.7. The fourth-order valence-corrected chi connectivity index (χ4v) is 8.04. The molecule has 3 nitrogen and oxygen atoms in total. The molecule has 0 aliphatic rings. The highest BCUT2D eigenvalue weighted by molar-refractivity contribution is 7.25. The molecule has 0 aliphatic carbocycles. The smallest absolute Gasteiger partial charge is 0.164 e. The van der Waals surface area contributed by atoms with Crippen LogP contribution in [0.5, 0.6) is 0 Å². The molecule has 0 spiro atoms. The van der Waals surface area contributed by atoms with Gasteiger partial charge in [-0.2, -0.15) is 0 Å². The largest absolute Gasteiger partial charge is 0.208 e. The molecule has 4 heteroatoms. The van der Waals surface area contributed by atoms with Gasteiger partial charge in [-0.25, -0.2) is 15.0 Å². The Labute approximate surface area is 326 Å². The second kappa shape index (κ2) is 15.7. The zero-order valence-electron chi connectivity index (χ0n) is 30.9. The highest BCUT2D eigenvalue weighted by Crippen LogP contribution is 2.39. The van der Waals surface area contributed by atoms with E-state index in [1.807, 2.05) is 61.6 Å². The molecular weight excluding hydrogens is 687 g/mol. The first-order valence-corrected chi connectivity index (χ1v) is 19.2. The average Bonchev–Trinajstić information content (AvgIpc) is 3.60. The van der Waals surface area contributed by atoms with Crippen molar-refractivity contribution in [2.75, 3.05) is 0 Å². The molecule has 0 unspecified atom stereocenters. The van der Waals surface area contributed by atoms with Crippen LogP contribution in [0.2, 0.25) is 0 Å². The summed E-state index contributed by atoms with van der Waals surface area (Å²) in [5.74, 6) is 1.86. The van der Waals surface area contributed by atoms with Gasteiger partial charge >= 0.3 is 0 Å². The van der Waals surface area contributed by atoms with Crippen LogP contribution in [0.4, 0.5) is 0 Å². The maximum Gasteiger partial charge on any atom is 0.164 e. The molecule has 0 N–H and O–H groups in total. The third-order valence-corrected chi connectivity index (χ3v) is 10.8. The molecular formula is C51H39N3S. The van der Waals surface area contributed by atoms with Crippen LogP contribution in [0.15, 0.2) is 189 Å². The number of thiophene rings is 1. The fraction of sp³-hybridized carbons (Fsp3) is 0.0392. The lowest BCUT2D eigenvalue weighted by Gasteiger charge is -2.11. The van der Waals surface area contributed by atoms with Crippen LogP contribution in [0, 0.1) is 0 Å². The molecule has 55 heavy (non-hydrogen) atoms. The van der Waals surface area contributed by atoms with E-state index in [1.54, 1.807) is 12.2 Å². The maximum absolute atomic E-state index is 4.93. The van der Waals surface area contributed by atoms with Gasteiger partial charge in [0.05, 0.1) is 0 Å². The Kier molecular flexibility index (Phi) is 10.1. The third kappa shape index (κ3) is 7.28. The predicted octanol–water partition coefficient (Wildman–Crippen LogP) is 14.5. The molecule has 0 aliphatic heterocycles. The Hall–Kier alpha value is -6.75. The first-order chi connectivity index (χ1) is 27.0. The van der Waals surface area contributed by atoms with Gasteiger partial charge < -0.3 is 0 Å². The number of nitrogens with zero attached hydrogens (tertiary/aromatic N) is 3. The van der Waals surface area contributed by atoms with Gasteiger partial charge in [0.25, 0.3) is 0 Å². The number of hydrogen-bond acceptors (Lipinski definition) is 4. The Morgan fingerprint density at radius 1 is 0.455 bits per heavy atom. The zero-order valence-corrected chi connectivity index (χ0v) is 31.7. The van der Waals surface area contributed by atoms with Crippen molar-refractivity contribution < 1.29 is 0 Å². The number of allylic oxidation sites excluding steroid dienone is 4. The van der Waals surface area contributed by atoms with Crippen molar-refractivity contribution >= 4 is 47.9 Å². The lowest BCUT2D eigenvalue weighted by molar-refractivity contribution is 1.04. The summed E-state index contributed by atoms with van der Waals surface area (Å²) in [6, 6.07) is 56.2. The molecule has 0 saturated carbocycles. The minimum absolute atomic E-state index is 0.605. The molecule has 2 aromatic heterocycles. The molecule has 264 valence electrons. The van der Waals surface area contributed by atoms with Crippen LogP contribution in [0.3, 0.4) is 0 Å². The minimum atomic E-state index is 0.605. The van der Waals surface area contributed by atoms with E-state index >= 15 is 0 Å². The van der Waals surface area contributed by atoms with Crippen LogP contribution in [-0.2, 0) is 0 Å². The van der Waals surface area contributed by atoms with Gasteiger partial charge in [-0.3, -0.25) is 0 Å². The molecule has 7 aromatic carbocycles. The van der Waals surface area contributed by atoms with E-state index in [-0.39, 0.29) is 0 Å². The Bertz CT molecular complexity index is 2880. The van der Waals surface area contributed by atoms with E-state index in [2.05, 4.69) is 141 Å². The average molecular weight is 726 g/mol. The van der Waals surface area contributed by atoms with Gasteiger partial charge in [0.15, 0.2) is 17.5 Å². The standard InChI is InChI=1S/C48H33N3S.C3H6/c1-3-31(4-2)46-49-47(32-13-6-5-7-14-32)51-48(50-46)41-22-12-21-37(27-41)35-19-10-17-33(25-35)34-18-11-20-36(26-34)40-23-24-44-42(29-40)43-28-38-15-8-9-16-39(38)30-45(43)52-44;1-3-2/h3-30H,1H2,2H3;3H,1H2,2H3/b31-4+;. The highest BCUT2D eigenvalue weighted by atomic mass is 32.1. The van der Waals surface area contributed by atoms with Gasteiger partial charge in [0, 0.05) is 36.9 Å². The van der Waals surface area contributed by atoms with Crippen molar-refractivity contribution in [3.63, 3.8) is 0 Å².